The van der Waals surface area contributed by atoms with Gasteiger partial charge in [-0.15, -0.1) is 23.2 Å². The summed E-state index contributed by atoms with van der Waals surface area (Å²) in [5.74, 6) is 0. The van der Waals surface area contributed by atoms with Gasteiger partial charge in [-0.25, -0.2) is 0 Å². The summed E-state index contributed by atoms with van der Waals surface area (Å²) in [4.78, 5) is 0. The molecule has 0 saturated carbocycles. The topological polar surface area (TPSA) is 121 Å². The van der Waals surface area contributed by atoms with E-state index in [9.17, 15) is 0 Å². The maximum absolute atomic E-state index is 8.17. The van der Waals surface area contributed by atoms with Crippen molar-refractivity contribution in [1.82, 2.24) is 0 Å². The van der Waals surface area contributed by atoms with Crippen molar-refractivity contribution in [1.29, 1.82) is 21.6 Å². The number of hydrogen-bond acceptors (Lipinski definition) is 5. The van der Waals surface area contributed by atoms with Crippen LogP contribution in [0, 0.1) is 28.6 Å². The van der Waals surface area contributed by atoms with Gasteiger partial charge < -0.3 is 5.73 Å². The molecule has 5 nitrogen and oxygen atoms in total. The van der Waals surface area contributed by atoms with Crippen LogP contribution in [0.15, 0.2) is 48.5 Å². The molecule has 0 unspecified atom stereocenters. The molecule has 0 amide bonds. The third kappa shape index (κ3) is 4.79. The number of anilines is 1. The Morgan fingerprint density at radius 2 is 0.943 bits per heavy atom. The van der Waals surface area contributed by atoms with Gasteiger partial charge in [0, 0.05) is 38.4 Å². The molecule has 0 aliphatic heterocycles. The Labute approximate surface area is 214 Å². The van der Waals surface area contributed by atoms with Crippen LogP contribution in [0.1, 0.15) is 30.5 Å². The first kappa shape index (κ1) is 26.3. The Balaban J connectivity index is 0.000000196. The summed E-state index contributed by atoms with van der Waals surface area (Å²) < 4.78 is 0. The van der Waals surface area contributed by atoms with E-state index in [0.717, 1.165) is 29.7 Å². The van der Waals surface area contributed by atoms with Crippen LogP contribution in [0.3, 0.4) is 0 Å². The Morgan fingerprint density at radius 3 is 1.20 bits per heavy atom. The molecule has 2 aliphatic carbocycles. The molecule has 3 aromatic carbocycles. The summed E-state index contributed by atoms with van der Waals surface area (Å²) in [5, 5.41) is 36.3. The number of alkyl halides is 2. The summed E-state index contributed by atoms with van der Waals surface area (Å²) in [6, 6.07) is 15.2. The summed E-state index contributed by atoms with van der Waals surface area (Å²) in [5.41, 5.74) is 12.5. The third-order valence-corrected chi connectivity index (χ3v) is 6.21. The van der Waals surface area contributed by atoms with Crippen molar-refractivity contribution < 1.29 is 0 Å². The zero-order chi connectivity index (χ0) is 25.9. The van der Waals surface area contributed by atoms with E-state index in [-0.39, 0.29) is 26.8 Å². The van der Waals surface area contributed by atoms with E-state index in [4.69, 9.17) is 50.6 Å². The highest BCUT2D eigenvalue weighted by atomic mass is 35.5. The summed E-state index contributed by atoms with van der Waals surface area (Å²) in [7, 11) is 0. The summed E-state index contributed by atoms with van der Waals surface area (Å²) in [6.07, 6.45) is 2.06. The van der Waals surface area contributed by atoms with Crippen LogP contribution in [-0.2, 0) is 12.8 Å². The Bertz CT molecular complexity index is 1460. The predicted molar refractivity (Wildman–Crippen MR) is 146 cm³/mol. The molecule has 35 heavy (non-hydrogen) atoms. The Kier molecular flexibility index (Phi) is 8.26. The highest BCUT2D eigenvalue weighted by molar-refractivity contribution is 6.40. The average Bonchev–Trinajstić information content (AvgIpc) is 2.86. The van der Waals surface area contributed by atoms with E-state index in [1.807, 2.05) is 24.3 Å². The van der Waals surface area contributed by atoms with Crippen molar-refractivity contribution in [2.45, 2.75) is 33.6 Å². The number of nitrogens with two attached hydrogens (primary N) is 1. The molecule has 0 heterocycles. The lowest BCUT2D eigenvalue weighted by atomic mass is 9.86. The van der Waals surface area contributed by atoms with E-state index >= 15 is 0 Å². The zero-order valence-electron chi connectivity index (χ0n) is 20.1. The smallest absolute Gasteiger partial charge is 0.0967 e. The standard InChI is InChI=1S/C16H10N4.C11H17N.CH2Cl2/c17-13-7-3-1-4-8-11(7)12-9(15(13)19)5-2-6-10(12)16(20)14(8)18;1-4-9-6-8(3)7-10(5-2)11(9)12;2-1-3/h1-6,17-20H;6-7H,4-5,12H2,1-3H3;1H2. The number of benzene rings is 5. The molecular formula is C28H29Cl2N5. The molecule has 0 fully saturated rings. The molecule has 6 N–H and O–H groups in total. The van der Waals surface area contributed by atoms with Crippen molar-refractivity contribution in [2.24, 2.45) is 0 Å². The number of rotatable bonds is 2. The monoisotopic (exact) mass is 505 g/mol. The van der Waals surface area contributed by atoms with Gasteiger partial charge in [-0.2, -0.15) is 0 Å². The van der Waals surface area contributed by atoms with Gasteiger partial charge in [0.2, 0.25) is 0 Å². The summed E-state index contributed by atoms with van der Waals surface area (Å²) >= 11 is 9.53. The fourth-order valence-corrected chi connectivity index (χ4v) is 4.55. The van der Waals surface area contributed by atoms with Gasteiger partial charge in [-0.1, -0.05) is 67.9 Å². The van der Waals surface area contributed by atoms with E-state index in [1.54, 1.807) is 12.1 Å². The number of hydrogen-bond donors (Lipinski definition) is 5. The largest absolute Gasteiger partial charge is 0.398 e. The quantitative estimate of drug-likeness (QED) is 0.122. The molecular weight excluding hydrogens is 477 g/mol. The number of nitrogens with one attached hydrogen (secondary N) is 4. The minimum Gasteiger partial charge on any atom is -0.398 e. The molecule has 0 spiro atoms. The molecule has 0 saturated heterocycles. The second kappa shape index (κ2) is 11.0. The van der Waals surface area contributed by atoms with Gasteiger partial charge in [0.15, 0.2) is 0 Å². The average molecular weight is 506 g/mol. The number of nitrogen functional groups attached to an aromatic ring is 1. The first-order chi connectivity index (χ1) is 16.7. The van der Waals surface area contributed by atoms with Gasteiger partial charge in [0.25, 0.3) is 0 Å². The molecule has 3 aromatic rings. The second-order valence-electron chi connectivity index (χ2n) is 8.26. The maximum atomic E-state index is 8.17. The van der Waals surface area contributed by atoms with Gasteiger partial charge >= 0.3 is 0 Å². The molecule has 0 radical (unpaired) electrons. The molecule has 0 bridgehead atoms. The van der Waals surface area contributed by atoms with Crippen LogP contribution in [0.5, 0.6) is 0 Å². The molecule has 0 atom stereocenters. The third-order valence-electron chi connectivity index (χ3n) is 6.21. The molecule has 7 heteroatoms. The summed E-state index contributed by atoms with van der Waals surface area (Å²) in [6.45, 7) is 6.41. The number of aryl methyl sites for hydroxylation is 3. The predicted octanol–water partition coefficient (Wildman–Crippen LogP) is 5.45. The Morgan fingerprint density at radius 1 is 0.657 bits per heavy atom. The van der Waals surface area contributed by atoms with Crippen molar-refractivity contribution >= 4 is 50.4 Å². The van der Waals surface area contributed by atoms with Gasteiger partial charge in [0.05, 0.1) is 26.8 Å². The van der Waals surface area contributed by atoms with Crippen molar-refractivity contribution in [3.63, 3.8) is 0 Å². The van der Waals surface area contributed by atoms with Crippen LogP contribution in [-0.4, -0.2) is 5.34 Å². The van der Waals surface area contributed by atoms with Crippen LogP contribution >= 0.6 is 23.2 Å². The minimum atomic E-state index is 0.188. The van der Waals surface area contributed by atoms with E-state index in [2.05, 4.69) is 32.9 Å². The first-order valence-electron chi connectivity index (χ1n) is 11.3. The normalized spacial score (nSPS) is 10.8. The van der Waals surface area contributed by atoms with Crippen molar-refractivity contribution in [2.75, 3.05) is 11.1 Å². The van der Waals surface area contributed by atoms with Crippen LogP contribution in [0.4, 0.5) is 5.69 Å². The van der Waals surface area contributed by atoms with Crippen molar-refractivity contribution in [3.8, 4) is 11.1 Å². The van der Waals surface area contributed by atoms with Gasteiger partial charge in [-0.05, 0) is 30.9 Å². The Hall–Kier alpha value is -3.28. The highest BCUT2D eigenvalue weighted by Crippen LogP contribution is 2.33. The van der Waals surface area contributed by atoms with E-state index in [1.165, 1.54) is 16.7 Å². The lowest BCUT2D eigenvalue weighted by molar-refractivity contribution is 1.08. The fraction of sp³-hybridized carbons (Fsp3) is 0.214. The first-order valence-corrected chi connectivity index (χ1v) is 12.4. The minimum absolute atomic E-state index is 0.188. The molecule has 0 aromatic heterocycles. The molecule has 5 rings (SSSR count). The highest BCUT2D eigenvalue weighted by Gasteiger charge is 2.19. The van der Waals surface area contributed by atoms with Crippen LogP contribution in [0.25, 0.3) is 32.7 Å². The van der Waals surface area contributed by atoms with Crippen molar-refractivity contribution in [3.05, 3.63) is 86.7 Å². The van der Waals surface area contributed by atoms with E-state index in [0.29, 0.717) is 21.5 Å². The lowest BCUT2D eigenvalue weighted by Gasteiger charge is -2.16. The zero-order valence-corrected chi connectivity index (χ0v) is 21.6. The van der Waals surface area contributed by atoms with Crippen LogP contribution in [0.2, 0.25) is 0 Å². The SMILES string of the molecule is CCc1cc(C)cc(CC)c1N.ClCCl.N=c1c(=N)c2cccc3c2-c2c1cccc2c(=N)c3=N. The second-order valence-corrected chi connectivity index (χ2v) is 9.07. The lowest BCUT2D eigenvalue weighted by Crippen LogP contribution is -2.31. The van der Waals surface area contributed by atoms with Gasteiger partial charge in [-0.3, -0.25) is 21.6 Å². The molecule has 180 valence electrons. The maximum Gasteiger partial charge on any atom is 0.0967 e. The van der Waals surface area contributed by atoms with Crippen LogP contribution < -0.4 is 27.2 Å². The molecule has 2 aliphatic rings. The number of halogens is 2. The van der Waals surface area contributed by atoms with Gasteiger partial charge in [0.1, 0.15) is 0 Å². The fourth-order valence-electron chi connectivity index (χ4n) is 4.55. The van der Waals surface area contributed by atoms with E-state index < -0.39 is 0 Å².